The highest BCUT2D eigenvalue weighted by atomic mass is 19.4. The Kier molecular flexibility index (Phi) is 11.5. The van der Waals surface area contributed by atoms with Gasteiger partial charge in [-0.25, -0.2) is 13.2 Å². The average molecular weight is 640 g/mol. The molecule has 0 bridgehead atoms. The molecule has 0 fully saturated rings. The number of hydrogen-bond acceptors (Lipinski definition) is 7. The third-order valence-electron chi connectivity index (χ3n) is 6.86. The molecule has 45 heavy (non-hydrogen) atoms. The lowest BCUT2D eigenvalue weighted by molar-refractivity contribution is -0.130. The third kappa shape index (κ3) is 8.93. The number of nitrogens with two attached hydrogens (primary N) is 1. The monoisotopic (exact) mass is 639 g/mol. The summed E-state index contributed by atoms with van der Waals surface area (Å²) < 4.78 is 88.0. The predicted molar refractivity (Wildman–Crippen MR) is 157 cm³/mol. The van der Waals surface area contributed by atoms with E-state index in [2.05, 4.69) is 40.6 Å². The Morgan fingerprint density at radius 3 is 2.31 bits per heavy atom. The van der Waals surface area contributed by atoms with Crippen LogP contribution in [0.2, 0.25) is 0 Å². The second-order valence-corrected chi connectivity index (χ2v) is 10.5. The minimum atomic E-state index is -4.77. The molecule has 4 rings (SSSR count). The van der Waals surface area contributed by atoms with Gasteiger partial charge < -0.3 is 19.9 Å². The van der Waals surface area contributed by atoms with E-state index in [4.69, 9.17) is 10.2 Å². The number of carbonyl (C=O) groups excluding carboxylic acids is 1. The van der Waals surface area contributed by atoms with E-state index in [9.17, 15) is 22.4 Å². The van der Waals surface area contributed by atoms with Gasteiger partial charge in [0.2, 0.25) is 17.6 Å². The van der Waals surface area contributed by atoms with Crippen LogP contribution in [0, 0.1) is 12.7 Å². The summed E-state index contributed by atoms with van der Waals surface area (Å²) in [5.74, 6) is -7.13. The standard InChI is InChI=1S/C25H21F6N5O3.C6H14/c1-12(35-39-13(2)25(29,30)31)16-6-4-15(5-7-16)11-36-21-8-17(22-34-33-14(3)38-22)19(26)9-18(21)24(27,28)10-20(32)23(36)37;1-3-5-6-4-2/h4-9,20H,2,10-11,32H2,1,3H3;3-6H2,1-2H3/b35-12+;. The van der Waals surface area contributed by atoms with Crippen LogP contribution in [-0.2, 0) is 22.1 Å². The first-order valence-electron chi connectivity index (χ1n) is 14.2. The van der Waals surface area contributed by atoms with Crippen molar-refractivity contribution in [3.8, 4) is 11.5 Å². The van der Waals surface area contributed by atoms with Gasteiger partial charge in [0, 0.05) is 18.9 Å². The minimum absolute atomic E-state index is 0.0970. The van der Waals surface area contributed by atoms with E-state index in [0.29, 0.717) is 17.2 Å². The molecule has 1 amide bonds. The molecule has 0 spiro atoms. The number of nitrogens with zero attached hydrogens (tertiary/aromatic N) is 4. The number of benzene rings is 2. The van der Waals surface area contributed by atoms with E-state index >= 15 is 8.78 Å². The number of amides is 1. The molecule has 3 aromatic rings. The predicted octanol–water partition coefficient (Wildman–Crippen LogP) is 7.94. The smallest absolute Gasteiger partial charge is 0.421 e. The Morgan fingerprint density at radius 2 is 1.78 bits per heavy atom. The molecular formula is C31H35F6N5O3. The van der Waals surface area contributed by atoms with Crippen LogP contribution >= 0.6 is 0 Å². The van der Waals surface area contributed by atoms with Gasteiger partial charge in [0.25, 0.3) is 11.8 Å². The van der Waals surface area contributed by atoms with Crippen LogP contribution < -0.4 is 10.6 Å². The summed E-state index contributed by atoms with van der Waals surface area (Å²) >= 11 is 0. The fourth-order valence-electron chi connectivity index (χ4n) is 4.36. The molecule has 2 aromatic carbocycles. The number of hydrogen-bond donors (Lipinski definition) is 1. The van der Waals surface area contributed by atoms with Crippen LogP contribution in [0.3, 0.4) is 0 Å². The van der Waals surface area contributed by atoms with Crippen molar-refractivity contribution in [1.82, 2.24) is 10.2 Å². The lowest BCUT2D eigenvalue weighted by Gasteiger charge is -2.25. The molecule has 14 heteroatoms. The van der Waals surface area contributed by atoms with Crippen molar-refractivity contribution in [3.05, 3.63) is 77.1 Å². The van der Waals surface area contributed by atoms with Crippen LogP contribution in [0.4, 0.5) is 32.0 Å². The van der Waals surface area contributed by atoms with Gasteiger partial charge in [-0.05, 0) is 36.8 Å². The maximum absolute atomic E-state index is 15.1. The summed E-state index contributed by atoms with van der Waals surface area (Å²) in [6, 6.07) is 6.08. The Bertz CT molecular complexity index is 1510. The quantitative estimate of drug-likeness (QED) is 0.0838. The Morgan fingerprint density at radius 1 is 1.16 bits per heavy atom. The molecule has 1 atom stereocenters. The highest BCUT2D eigenvalue weighted by Crippen LogP contribution is 2.44. The maximum Gasteiger partial charge on any atom is 0.451 e. The van der Waals surface area contributed by atoms with E-state index in [0.717, 1.165) is 11.0 Å². The zero-order valence-corrected chi connectivity index (χ0v) is 25.3. The van der Waals surface area contributed by atoms with Crippen LogP contribution in [0.25, 0.3) is 11.5 Å². The third-order valence-corrected chi connectivity index (χ3v) is 6.86. The van der Waals surface area contributed by atoms with Gasteiger partial charge in [0.05, 0.1) is 29.5 Å². The van der Waals surface area contributed by atoms with Gasteiger partial charge >= 0.3 is 6.18 Å². The highest BCUT2D eigenvalue weighted by molar-refractivity contribution is 6.00. The lowest BCUT2D eigenvalue weighted by Crippen LogP contribution is -2.43. The molecular weight excluding hydrogens is 604 g/mol. The lowest BCUT2D eigenvalue weighted by atomic mass is 9.99. The largest absolute Gasteiger partial charge is 0.451 e. The summed E-state index contributed by atoms with van der Waals surface area (Å²) in [4.78, 5) is 18.5. The van der Waals surface area contributed by atoms with Crippen molar-refractivity contribution in [2.75, 3.05) is 4.90 Å². The van der Waals surface area contributed by atoms with Gasteiger partial charge in [-0.1, -0.05) is 69.0 Å². The van der Waals surface area contributed by atoms with Crippen LogP contribution in [-0.4, -0.2) is 34.0 Å². The fourth-order valence-corrected chi connectivity index (χ4v) is 4.36. The van der Waals surface area contributed by atoms with Gasteiger partial charge in [0.1, 0.15) is 5.82 Å². The molecule has 1 aliphatic heterocycles. The number of allylic oxidation sites excluding steroid dienone is 1. The first-order valence-corrected chi connectivity index (χ1v) is 14.2. The number of carbonyl (C=O) groups is 1. The molecule has 2 heterocycles. The van der Waals surface area contributed by atoms with Crippen LogP contribution in [0.15, 0.2) is 58.3 Å². The van der Waals surface area contributed by atoms with Gasteiger partial charge in [-0.15, -0.1) is 10.2 Å². The van der Waals surface area contributed by atoms with Crippen molar-refractivity contribution >= 4 is 17.3 Å². The molecule has 0 radical (unpaired) electrons. The van der Waals surface area contributed by atoms with Crippen molar-refractivity contribution < 1.29 is 40.4 Å². The second kappa shape index (κ2) is 14.7. The van der Waals surface area contributed by atoms with E-state index in [1.54, 1.807) is 0 Å². The SMILES string of the molecule is C=C(O/N=C(\C)c1ccc(CN2C(=O)C(N)CC(F)(F)c3cc(F)c(-c4nnc(C)o4)cc32)cc1)C(F)(F)F.CCCCCC. The number of alkyl halides is 5. The molecule has 8 nitrogen and oxygen atoms in total. The van der Waals surface area contributed by atoms with E-state index < -0.39 is 47.6 Å². The summed E-state index contributed by atoms with van der Waals surface area (Å²) in [5, 5.41) is 10.8. The normalized spacial score (nSPS) is 16.4. The van der Waals surface area contributed by atoms with Crippen LogP contribution in [0.1, 0.15) is 75.5 Å². The second-order valence-electron chi connectivity index (χ2n) is 10.5. The fraction of sp³-hybridized carbons (Fsp3) is 0.419. The average Bonchev–Trinajstić information content (AvgIpc) is 3.40. The first kappa shape index (κ1) is 35.3. The number of rotatable bonds is 9. The van der Waals surface area contributed by atoms with Crippen molar-refractivity contribution in [3.63, 3.8) is 0 Å². The number of fused-ring (bicyclic) bond motifs is 1. The van der Waals surface area contributed by atoms with Gasteiger partial charge in [-0.2, -0.15) is 13.2 Å². The molecule has 1 aliphatic rings. The van der Waals surface area contributed by atoms with Crippen LogP contribution in [0.5, 0.6) is 0 Å². The molecule has 244 valence electrons. The highest BCUT2D eigenvalue weighted by Gasteiger charge is 2.45. The number of unbranched alkanes of at least 4 members (excludes halogenated alkanes) is 3. The van der Waals surface area contributed by atoms with E-state index in [1.165, 1.54) is 63.8 Å². The Balaban J connectivity index is 0.000000838. The molecule has 1 aromatic heterocycles. The van der Waals surface area contributed by atoms with Crippen molar-refractivity contribution in [1.29, 1.82) is 0 Å². The maximum atomic E-state index is 15.1. The minimum Gasteiger partial charge on any atom is -0.421 e. The van der Waals surface area contributed by atoms with Gasteiger partial charge in [0.15, 0.2) is 0 Å². The summed E-state index contributed by atoms with van der Waals surface area (Å²) in [6.07, 6.45) is -0.271. The van der Waals surface area contributed by atoms with Gasteiger partial charge in [-0.3, -0.25) is 4.79 Å². The topological polar surface area (TPSA) is 107 Å². The molecule has 2 N–H and O–H groups in total. The molecule has 0 saturated carbocycles. The zero-order valence-electron chi connectivity index (χ0n) is 25.3. The first-order chi connectivity index (χ1) is 21.1. The Hall–Kier alpha value is -4.20. The number of oxime groups is 1. The molecule has 0 saturated heterocycles. The summed E-state index contributed by atoms with van der Waals surface area (Å²) in [5.41, 5.74) is 5.43. The molecule has 0 aliphatic carbocycles. The van der Waals surface area contributed by atoms with Crippen molar-refractivity contribution in [2.24, 2.45) is 10.9 Å². The number of anilines is 1. The molecule has 1 unspecified atom stereocenters. The summed E-state index contributed by atoms with van der Waals surface area (Å²) in [7, 11) is 0. The Labute approximate surface area is 256 Å². The van der Waals surface area contributed by atoms with Crippen molar-refractivity contribution in [2.45, 2.75) is 84.5 Å². The van der Waals surface area contributed by atoms with E-state index in [1.807, 2.05) is 0 Å². The summed E-state index contributed by atoms with van der Waals surface area (Å²) in [6.45, 7) is 9.86. The number of halogens is 6. The van der Waals surface area contributed by atoms with E-state index in [-0.39, 0.29) is 35.3 Å². The zero-order chi connectivity index (χ0) is 33.5. The number of aromatic nitrogens is 2. The number of aryl methyl sites for hydroxylation is 1.